The molecule has 0 saturated carbocycles. The van der Waals surface area contributed by atoms with Gasteiger partial charge in [-0.2, -0.15) is 0 Å². The smallest absolute Gasteiger partial charge is 0.00213 e. The maximum Gasteiger partial charge on any atom is 0.00213 e. The number of rotatable bonds is 4. The fourth-order valence-corrected chi connectivity index (χ4v) is 2.17. The summed E-state index contributed by atoms with van der Waals surface area (Å²) in [6.07, 6.45) is 2.62. The second kappa shape index (κ2) is 5.61. The van der Waals surface area contributed by atoms with Crippen molar-refractivity contribution >= 4 is 0 Å². The lowest BCUT2D eigenvalue weighted by molar-refractivity contribution is 0.193. The highest BCUT2D eigenvalue weighted by molar-refractivity contribution is 4.77. The van der Waals surface area contributed by atoms with E-state index in [1.807, 2.05) is 0 Å². The van der Waals surface area contributed by atoms with Crippen LogP contribution in [0.25, 0.3) is 0 Å². The standard InChI is InChI=1S/C11H24N2/c1-4-7-13(3)9-11-8-12-6-5-10(11)2/h10-12H,4-9H2,1-3H3/t10-,11-/m0/s1. The predicted octanol–water partition coefficient (Wildman–Crippen LogP) is 1.57. The second-order valence-corrected chi connectivity index (χ2v) is 4.49. The summed E-state index contributed by atoms with van der Waals surface area (Å²) in [4.78, 5) is 2.47. The molecule has 13 heavy (non-hydrogen) atoms. The van der Waals surface area contributed by atoms with Gasteiger partial charge in [-0.25, -0.2) is 0 Å². The normalized spacial score (nSPS) is 29.5. The third-order valence-corrected chi connectivity index (χ3v) is 3.14. The lowest BCUT2D eigenvalue weighted by atomic mass is 9.88. The highest BCUT2D eigenvalue weighted by Gasteiger charge is 2.21. The van der Waals surface area contributed by atoms with Crippen molar-refractivity contribution in [2.75, 3.05) is 33.2 Å². The Kier molecular flexibility index (Phi) is 4.74. The molecular weight excluding hydrogens is 160 g/mol. The van der Waals surface area contributed by atoms with Gasteiger partial charge < -0.3 is 10.2 Å². The highest BCUT2D eigenvalue weighted by Crippen LogP contribution is 2.18. The molecule has 0 amide bonds. The maximum absolute atomic E-state index is 3.49. The molecule has 0 spiro atoms. The van der Waals surface area contributed by atoms with Gasteiger partial charge in [0.2, 0.25) is 0 Å². The van der Waals surface area contributed by atoms with Crippen LogP contribution in [0.5, 0.6) is 0 Å². The van der Waals surface area contributed by atoms with E-state index >= 15 is 0 Å². The number of hydrogen-bond donors (Lipinski definition) is 1. The molecule has 2 atom stereocenters. The second-order valence-electron chi connectivity index (χ2n) is 4.49. The average Bonchev–Trinajstić information content (AvgIpc) is 2.09. The van der Waals surface area contributed by atoms with Gasteiger partial charge in [0.15, 0.2) is 0 Å². The first kappa shape index (κ1) is 11.0. The van der Waals surface area contributed by atoms with Crippen LogP contribution in [0.15, 0.2) is 0 Å². The number of nitrogens with one attached hydrogen (secondary N) is 1. The molecule has 78 valence electrons. The van der Waals surface area contributed by atoms with E-state index in [2.05, 4.69) is 31.1 Å². The zero-order valence-corrected chi connectivity index (χ0v) is 9.34. The largest absolute Gasteiger partial charge is 0.316 e. The molecule has 1 aliphatic heterocycles. The first-order chi connectivity index (χ1) is 6.24. The Morgan fingerprint density at radius 1 is 1.46 bits per heavy atom. The third kappa shape index (κ3) is 3.65. The van der Waals surface area contributed by atoms with Gasteiger partial charge in [0.05, 0.1) is 0 Å². The van der Waals surface area contributed by atoms with Crippen LogP contribution >= 0.6 is 0 Å². The highest BCUT2D eigenvalue weighted by atomic mass is 15.1. The van der Waals surface area contributed by atoms with Crippen LogP contribution in [-0.4, -0.2) is 38.1 Å². The van der Waals surface area contributed by atoms with Gasteiger partial charge in [0, 0.05) is 6.54 Å². The quantitative estimate of drug-likeness (QED) is 0.713. The van der Waals surface area contributed by atoms with Crippen molar-refractivity contribution in [1.82, 2.24) is 10.2 Å². The Hall–Kier alpha value is -0.0800. The van der Waals surface area contributed by atoms with E-state index in [1.54, 1.807) is 0 Å². The number of piperidine rings is 1. The van der Waals surface area contributed by atoms with Crippen molar-refractivity contribution in [3.63, 3.8) is 0 Å². The van der Waals surface area contributed by atoms with E-state index in [0.717, 1.165) is 11.8 Å². The summed E-state index contributed by atoms with van der Waals surface area (Å²) in [5.41, 5.74) is 0. The molecule has 0 aliphatic carbocycles. The van der Waals surface area contributed by atoms with Gasteiger partial charge in [-0.1, -0.05) is 13.8 Å². The van der Waals surface area contributed by atoms with Crippen LogP contribution in [0.1, 0.15) is 26.7 Å². The van der Waals surface area contributed by atoms with Gasteiger partial charge in [0.1, 0.15) is 0 Å². The van der Waals surface area contributed by atoms with Crippen molar-refractivity contribution in [3.05, 3.63) is 0 Å². The van der Waals surface area contributed by atoms with Crippen molar-refractivity contribution < 1.29 is 0 Å². The Bertz CT molecular complexity index is 136. The fourth-order valence-electron chi connectivity index (χ4n) is 2.17. The first-order valence-corrected chi connectivity index (χ1v) is 5.63. The molecule has 0 aromatic carbocycles. The summed E-state index contributed by atoms with van der Waals surface area (Å²) in [5.74, 6) is 1.77. The average molecular weight is 184 g/mol. The van der Waals surface area contributed by atoms with Crippen molar-refractivity contribution in [2.45, 2.75) is 26.7 Å². The predicted molar refractivity (Wildman–Crippen MR) is 57.9 cm³/mol. The topological polar surface area (TPSA) is 15.3 Å². The monoisotopic (exact) mass is 184 g/mol. The Morgan fingerprint density at radius 3 is 2.85 bits per heavy atom. The van der Waals surface area contributed by atoms with E-state index in [0.29, 0.717) is 0 Å². The summed E-state index contributed by atoms with van der Waals surface area (Å²) in [6, 6.07) is 0. The number of nitrogens with zero attached hydrogens (tertiary/aromatic N) is 1. The maximum atomic E-state index is 3.49. The van der Waals surface area contributed by atoms with Crippen LogP contribution < -0.4 is 5.32 Å². The molecule has 0 aromatic heterocycles. The Labute approximate surface area is 82.7 Å². The van der Waals surface area contributed by atoms with Crippen LogP contribution in [-0.2, 0) is 0 Å². The zero-order chi connectivity index (χ0) is 9.68. The van der Waals surface area contributed by atoms with E-state index < -0.39 is 0 Å². The van der Waals surface area contributed by atoms with Gasteiger partial charge >= 0.3 is 0 Å². The minimum Gasteiger partial charge on any atom is -0.316 e. The van der Waals surface area contributed by atoms with Gasteiger partial charge in [-0.3, -0.25) is 0 Å². The fraction of sp³-hybridized carbons (Fsp3) is 1.00. The lowest BCUT2D eigenvalue weighted by Crippen LogP contribution is -2.41. The minimum atomic E-state index is 0.866. The number of hydrogen-bond acceptors (Lipinski definition) is 2. The molecule has 0 aromatic rings. The Morgan fingerprint density at radius 2 is 2.23 bits per heavy atom. The molecule has 1 N–H and O–H groups in total. The molecule has 0 bridgehead atoms. The van der Waals surface area contributed by atoms with Gasteiger partial charge in [0.25, 0.3) is 0 Å². The summed E-state index contributed by atoms with van der Waals surface area (Å²) in [7, 11) is 2.24. The summed E-state index contributed by atoms with van der Waals surface area (Å²) < 4.78 is 0. The summed E-state index contributed by atoms with van der Waals surface area (Å²) in [6.45, 7) is 9.58. The minimum absolute atomic E-state index is 0.866. The molecule has 2 nitrogen and oxygen atoms in total. The SMILES string of the molecule is CCCN(C)C[C@@H]1CNCC[C@@H]1C. The molecule has 2 heteroatoms. The Balaban J connectivity index is 2.25. The molecular formula is C11H24N2. The van der Waals surface area contributed by atoms with E-state index in [-0.39, 0.29) is 0 Å². The molecule has 1 heterocycles. The van der Waals surface area contributed by atoms with E-state index in [4.69, 9.17) is 0 Å². The van der Waals surface area contributed by atoms with E-state index in [9.17, 15) is 0 Å². The zero-order valence-electron chi connectivity index (χ0n) is 9.34. The van der Waals surface area contributed by atoms with Crippen molar-refractivity contribution in [3.8, 4) is 0 Å². The lowest BCUT2D eigenvalue weighted by Gasteiger charge is -2.32. The first-order valence-electron chi connectivity index (χ1n) is 5.63. The van der Waals surface area contributed by atoms with E-state index in [1.165, 1.54) is 39.0 Å². The van der Waals surface area contributed by atoms with Crippen molar-refractivity contribution in [1.29, 1.82) is 0 Å². The molecule has 1 aliphatic rings. The summed E-state index contributed by atoms with van der Waals surface area (Å²) in [5, 5.41) is 3.49. The van der Waals surface area contributed by atoms with Gasteiger partial charge in [-0.05, 0) is 51.4 Å². The van der Waals surface area contributed by atoms with Crippen LogP contribution in [0, 0.1) is 11.8 Å². The van der Waals surface area contributed by atoms with Gasteiger partial charge in [-0.15, -0.1) is 0 Å². The van der Waals surface area contributed by atoms with Crippen LogP contribution in [0.3, 0.4) is 0 Å². The van der Waals surface area contributed by atoms with Crippen LogP contribution in [0.4, 0.5) is 0 Å². The molecule has 0 radical (unpaired) electrons. The van der Waals surface area contributed by atoms with Crippen molar-refractivity contribution in [2.24, 2.45) is 11.8 Å². The van der Waals surface area contributed by atoms with Crippen LogP contribution in [0.2, 0.25) is 0 Å². The molecule has 0 unspecified atom stereocenters. The molecule has 1 fully saturated rings. The molecule has 1 rings (SSSR count). The molecule has 1 saturated heterocycles. The third-order valence-electron chi connectivity index (χ3n) is 3.14. The summed E-state index contributed by atoms with van der Waals surface area (Å²) >= 11 is 0.